The van der Waals surface area contributed by atoms with Gasteiger partial charge in [-0.15, -0.1) is 11.3 Å². The van der Waals surface area contributed by atoms with E-state index in [1.165, 1.54) is 11.3 Å². The molecule has 118 valence electrons. The van der Waals surface area contributed by atoms with Crippen molar-refractivity contribution in [2.24, 2.45) is 11.1 Å². The van der Waals surface area contributed by atoms with Crippen molar-refractivity contribution in [2.45, 2.75) is 26.2 Å². The number of hydrogen-bond acceptors (Lipinski definition) is 4. The van der Waals surface area contributed by atoms with E-state index in [4.69, 9.17) is 5.14 Å². The van der Waals surface area contributed by atoms with Crippen LogP contribution in [0.2, 0.25) is 0 Å². The molecule has 0 aliphatic carbocycles. The van der Waals surface area contributed by atoms with Crippen LogP contribution in [0, 0.1) is 5.92 Å². The van der Waals surface area contributed by atoms with Gasteiger partial charge in [0.05, 0.1) is 4.88 Å². The zero-order valence-corrected chi connectivity index (χ0v) is 13.7. The third-order valence-electron chi connectivity index (χ3n) is 3.70. The lowest BCUT2D eigenvalue weighted by Crippen LogP contribution is -2.44. The molecule has 21 heavy (non-hydrogen) atoms. The van der Waals surface area contributed by atoms with Crippen molar-refractivity contribution < 1.29 is 13.2 Å². The van der Waals surface area contributed by atoms with Crippen molar-refractivity contribution >= 4 is 27.5 Å². The van der Waals surface area contributed by atoms with Crippen molar-refractivity contribution in [2.75, 3.05) is 19.6 Å². The van der Waals surface area contributed by atoms with Gasteiger partial charge in [0.2, 0.25) is 0 Å². The highest BCUT2D eigenvalue weighted by molar-refractivity contribution is 7.87. The third kappa shape index (κ3) is 4.50. The van der Waals surface area contributed by atoms with Crippen LogP contribution in [0.1, 0.15) is 35.0 Å². The molecule has 0 aromatic carbocycles. The van der Waals surface area contributed by atoms with Gasteiger partial charge in [-0.05, 0) is 42.2 Å². The van der Waals surface area contributed by atoms with E-state index in [2.05, 4.69) is 4.72 Å². The first kappa shape index (κ1) is 16.4. The van der Waals surface area contributed by atoms with Crippen molar-refractivity contribution in [3.05, 3.63) is 21.9 Å². The molecule has 1 aromatic rings. The van der Waals surface area contributed by atoms with Gasteiger partial charge in [-0.1, -0.05) is 6.92 Å². The summed E-state index contributed by atoms with van der Waals surface area (Å²) in [5.74, 6) is 0.174. The number of aryl methyl sites for hydroxylation is 1. The molecule has 8 heteroatoms. The molecule has 2 rings (SSSR count). The SMILES string of the molecule is CCc1ccsc1C(=O)N1CCCC(CNS(N)(=O)=O)C1. The number of likely N-dealkylation sites (tertiary alicyclic amines) is 1. The van der Waals surface area contributed by atoms with E-state index in [0.717, 1.165) is 36.2 Å². The average molecular weight is 331 g/mol. The third-order valence-corrected chi connectivity index (χ3v) is 5.22. The van der Waals surface area contributed by atoms with E-state index in [0.29, 0.717) is 6.54 Å². The first-order chi connectivity index (χ1) is 9.90. The number of rotatable bonds is 5. The second-order valence-electron chi connectivity index (χ2n) is 5.28. The van der Waals surface area contributed by atoms with Crippen LogP contribution in [0.3, 0.4) is 0 Å². The quantitative estimate of drug-likeness (QED) is 0.841. The number of carbonyl (C=O) groups is 1. The highest BCUT2D eigenvalue weighted by Crippen LogP contribution is 2.23. The lowest BCUT2D eigenvalue weighted by molar-refractivity contribution is 0.0680. The van der Waals surface area contributed by atoms with Gasteiger partial charge >= 0.3 is 0 Å². The molecule has 1 unspecified atom stereocenters. The first-order valence-corrected chi connectivity index (χ1v) is 9.46. The van der Waals surface area contributed by atoms with Crippen LogP contribution in [-0.4, -0.2) is 38.9 Å². The van der Waals surface area contributed by atoms with Crippen molar-refractivity contribution in [1.29, 1.82) is 0 Å². The summed E-state index contributed by atoms with van der Waals surface area (Å²) in [6.07, 6.45) is 2.63. The Hall–Kier alpha value is -0.960. The Morgan fingerprint density at radius 3 is 3.00 bits per heavy atom. The Bertz CT molecular complexity index is 598. The summed E-state index contributed by atoms with van der Waals surface area (Å²) in [7, 11) is -3.67. The molecular weight excluding hydrogens is 310 g/mol. The molecular formula is C13H21N3O3S2. The average Bonchev–Trinajstić information content (AvgIpc) is 2.92. The van der Waals surface area contributed by atoms with Gasteiger partial charge in [-0.25, -0.2) is 9.86 Å². The molecule has 2 heterocycles. The van der Waals surface area contributed by atoms with Crippen molar-refractivity contribution in [3.8, 4) is 0 Å². The fourth-order valence-electron chi connectivity index (χ4n) is 2.60. The van der Waals surface area contributed by atoms with Gasteiger partial charge < -0.3 is 4.90 Å². The Labute approximate surface area is 129 Å². The van der Waals surface area contributed by atoms with E-state index in [1.54, 1.807) is 0 Å². The van der Waals surface area contributed by atoms with Crippen LogP contribution in [0.4, 0.5) is 0 Å². The van der Waals surface area contributed by atoms with Crippen molar-refractivity contribution in [3.63, 3.8) is 0 Å². The van der Waals surface area contributed by atoms with E-state index in [-0.39, 0.29) is 18.4 Å². The lowest BCUT2D eigenvalue weighted by Gasteiger charge is -2.32. The molecule has 0 spiro atoms. The molecule has 1 aromatic heterocycles. The number of amides is 1. The van der Waals surface area contributed by atoms with Crippen LogP contribution < -0.4 is 9.86 Å². The van der Waals surface area contributed by atoms with Gasteiger partial charge in [0, 0.05) is 19.6 Å². The Kier molecular flexibility index (Phi) is 5.37. The highest BCUT2D eigenvalue weighted by Gasteiger charge is 2.26. The Balaban J connectivity index is 1.99. The molecule has 1 aliphatic rings. The minimum Gasteiger partial charge on any atom is -0.338 e. The zero-order chi connectivity index (χ0) is 15.5. The summed E-state index contributed by atoms with van der Waals surface area (Å²) < 4.78 is 24.2. The second-order valence-corrected chi connectivity index (χ2v) is 7.58. The summed E-state index contributed by atoms with van der Waals surface area (Å²) in [6, 6.07) is 1.99. The number of thiophene rings is 1. The molecule has 6 nitrogen and oxygen atoms in total. The maximum absolute atomic E-state index is 12.6. The summed E-state index contributed by atoms with van der Waals surface area (Å²) >= 11 is 1.47. The largest absolute Gasteiger partial charge is 0.338 e. The Morgan fingerprint density at radius 1 is 1.57 bits per heavy atom. The zero-order valence-electron chi connectivity index (χ0n) is 12.0. The molecule has 3 N–H and O–H groups in total. The van der Waals surface area contributed by atoms with Crippen LogP contribution in [0.5, 0.6) is 0 Å². The number of hydrogen-bond donors (Lipinski definition) is 2. The predicted molar refractivity (Wildman–Crippen MR) is 83.4 cm³/mol. The number of nitrogens with one attached hydrogen (secondary N) is 1. The van der Waals surface area contributed by atoms with Crippen molar-refractivity contribution in [1.82, 2.24) is 9.62 Å². The maximum Gasteiger partial charge on any atom is 0.274 e. The molecule has 1 fully saturated rings. The van der Waals surface area contributed by atoms with E-state index in [9.17, 15) is 13.2 Å². The number of piperidine rings is 1. The molecule has 0 bridgehead atoms. The van der Waals surface area contributed by atoms with E-state index < -0.39 is 10.2 Å². The smallest absolute Gasteiger partial charge is 0.274 e. The second kappa shape index (κ2) is 6.87. The normalized spacial score (nSPS) is 19.7. The lowest BCUT2D eigenvalue weighted by atomic mass is 9.98. The molecule has 1 saturated heterocycles. The fourth-order valence-corrected chi connectivity index (χ4v) is 4.03. The van der Waals surface area contributed by atoms with Crippen LogP contribution in [-0.2, 0) is 16.6 Å². The first-order valence-electron chi connectivity index (χ1n) is 7.03. The highest BCUT2D eigenvalue weighted by atomic mass is 32.2. The summed E-state index contributed by atoms with van der Waals surface area (Å²) in [6.45, 7) is 3.62. The standard InChI is InChI=1S/C13H21N3O3S2/c1-2-11-5-7-20-12(11)13(17)16-6-3-4-10(9-16)8-15-21(14,18)19/h5,7,10,15H,2-4,6,8-9H2,1H3,(H2,14,18,19). The van der Waals surface area contributed by atoms with Crippen LogP contribution in [0.15, 0.2) is 11.4 Å². The van der Waals surface area contributed by atoms with E-state index >= 15 is 0 Å². The Morgan fingerprint density at radius 2 is 2.33 bits per heavy atom. The summed E-state index contributed by atoms with van der Waals surface area (Å²) in [4.78, 5) is 15.2. The molecule has 0 radical (unpaired) electrons. The summed E-state index contributed by atoms with van der Waals surface area (Å²) in [5, 5.41) is 6.88. The minimum absolute atomic E-state index is 0.0576. The molecule has 0 saturated carbocycles. The molecule has 1 amide bonds. The monoisotopic (exact) mass is 331 g/mol. The fraction of sp³-hybridized carbons (Fsp3) is 0.615. The number of nitrogens with two attached hydrogens (primary N) is 1. The van der Waals surface area contributed by atoms with E-state index in [1.807, 2.05) is 23.3 Å². The van der Waals surface area contributed by atoms with Gasteiger partial charge in [0.1, 0.15) is 0 Å². The molecule has 1 aliphatic heterocycles. The molecule has 1 atom stereocenters. The van der Waals surface area contributed by atoms with Crippen LogP contribution >= 0.6 is 11.3 Å². The topological polar surface area (TPSA) is 92.5 Å². The van der Waals surface area contributed by atoms with Gasteiger partial charge in [0.25, 0.3) is 16.1 Å². The van der Waals surface area contributed by atoms with Gasteiger partial charge in [0.15, 0.2) is 0 Å². The predicted octanol–water partition coefficient (Wildman–Crippen LogP) is 0.956. The summed E-state index contributed by atoms with van der Waals surface area (Å²) in [5.41, 5.74) is 1.08. The minimum atomic E-state index is -3.67. The van der Waals surface area contributed by atoms with Gasteiger partial charge in [-0.2, -0.15) is 8.42 Å². The van der Waals surface area contributed by atoms with Crippen LogP contribution in [0.25, 0.3) is 0 Å². The number of nitrogens with zero attached hydrogens (tertiary/aromatic N) is 1. The van der Waals surface area contributed by atoms with Gasteiger partial charge in [-0.3, -0.25) is 4.79 Å². The maximum atomic E-state index is 12.6. The number of carbonyl (C=O) groups excluding carboxylic acids is 1.